The molecule has 6 nitrogen and oxygen atoms in total. The second kappa shape index (κ2) is 11.6. The first-order valence-electron chi connectivity index (χ1n) is 14.2. The van der Waals surface area contributed by atoms with Gasteiger partial charge >= 0.3 is 5.97 Å². The zero-order chi connectivity index (χ0) is 28.4. The first-order chi connectivity index (χ1) is 19.1. The Kier molecular flexibility index (Phi) is 8.13. The number of carboxylic acids is 1. The molecule has 40 heavy (non-hydrogen) atoms. The van der Waals surface area contributed by atoms with Gasteiger partial charge in [0.2, 0.25) is 5.88 Å². The van der Waals surface area contributed by atoms with Crippen molar-refractivity contribution in [2.45, 2.75) is 77.5 Å². The van der Waals surface area contributed by atoms with Crippen LogP contribution in [0.25, 0.3) is 11.1 Å². The topological polar surface area (TPSA) is 71.9 Å². The number of aliphatic carboxylic acids is 1. The Morgan fingerprint density at radius 1 is 1.20 bits per heavy atom. The Labute approximate surface area is 236 Å². The number of fused-ring (bicyclic) bond motifs is 1. The summed E-state index contributed by atoms with van der Waals surface area (Å²) in [6, 6.07) is 13.9. The maximum absolute atomic E-state index is 15.1. The van der Waals surface area contributed by atoms with Gasteiger partial charge in [-0.2, -0.15) is 0 Å². The average Bonchev–Trinajstić information content (AvgIpc) is 2.94. The second-order valence-corrected chi connectivity index (χ2v) is 11.8. The predicted molar refractivity (Wildman–Crippen MR) is 153 cm³/mol. The number of hydrogen-bond donors (Lipinski definition) is 1. The molecule has 2 aliphatic rings. The number of aryl methyl sites for hydroxylation is 1. The van der Waals surface area contributed by atoms with Gasteiger partial charge in [0, 0.05) is 23.7 Å². The highest BCUT2D eigenvalue weighted by atomic mass is 19.1. The van der Waals surface area contributed by atoms with Gasteiger partial charge in [0.25, 0.3) is 0 Å². The van der Waals surface area contributed by atoms with E-state index in [1.165, 1.54) is 19.7 Å². The van der Waals surface area contributed by atoms with Gasteiger partial charge < -0.3 is 14.6 Å². The number of rotatable bonds is 8. The molecule has 2 unspecified atom stereocenters. The molecule has 212 valence electrons. The number of pyridine rings is 1. The molecule has 3 heterocycles. The van der Waals surface area contributed by atoms with Crippen LogP contribution in [0.1, 0.15) is 74.8 Å². The summed E-state index contributed by atoms with van der Waals surface area (Å²) in [5.41, 5.74) is 5.59. The van der Waals surface area contributed by atoms with E-state index < -0.39 is 11.9 Å². The molecule has 0 bridgehead atoms. The highest BCUT2D eigenvalue weighted by molar-refractivity contribution is 5.70. The number of benzene rings is 2. The molecule has 7 heteroatoms. The van der Waals surface area contributed by atoms with Crippen molar-refractivity contribution in [1.82, 2.24) is 9.88 Å². The van der Waals surface area contributed by atoms with Crippen LogP contribution in [0.5, 0.6) is 11.6 Å². The lowest BCUT2D eigenvalue weighted by Crippen LogP contribution is -2.46. The third-order valence-electron chi connectivity index (χ3n) is 8.55. The van der Waals surface area contributed by atoms with Crippen LogP contribution in [-0.2, 0) is 24.2 Å². The predicted octanol–water partition coefficient (Wildman–Crippen LogP) is 6.99. The number of nitrogens with zero attached hydrogens (tertiary/aromatic N) is 2. The summed E-state index contributed by atoms with van der Waals surface area (Å²) in [6.07, 6.45) is 6.76. The zero-order valence-corrected chi connectivity index (χ0v) is 23.9. The van der Waals surface area contributed by atoms with Crippen LogP contribution >= 0.6 is 0 Å². The van der Waals surface area contributed by atoms with E-state index in [4.69, 9.17) is 9.47 Å². The number of piperidine rings is 1. The van der Waals surface area contributed by atoms with Crippen molar-refractivity contribution in [3.05, 3.63) is 76.7 Å². The Morgan fingerprint density at radius 3 is 2.77 bits per heavy atom. The highest BCUT2D eigenvalue weighted by Gasteiger charge is 2.31. The van der Waals surface area contributed by atoms with E-state index in [9.17, 15) is 9.90 Å². The highest BCUT2D eigenvalue weighted by Crippen LogP contribution is 2.39. The minimum absolute atomic E-state index is 0.0593. The molecule has 0 saturated carbocycles. The van der Waals surface area contributed by atoms with Crippen molar-refractivity contribution in [3.8, 4) is 22.8 Å². The molecule has 0 amide bonds. The molecule has 2 aliphatic heterocycles. The number of methoxy groups -OCH3 is 1. The number of aromatic nitrogens is 1. The molecule has 5 rings (SSSR count). The minimum Gasteiger partial charge on any atom is -0.485 e. The Balaban J connectivity index is 1.48. The number of carbonyl (C=O) groups is 1. The molecule has 1 saturated heterocycles. The first-order valence-corrected chi connectivity index (χ1v) is 14.2. The number of likely N-dealkylation sites (tertiary alicyclic amines) is 1. The Hall–Kier alpha value is -3.45. The molecule has 1 N–H and O–H groups in total. The SMILES string of the molecule is COc1cc(-c2ccc(C3CCc4ccc(CC(C)C(=O)O)cc4O3)cc2CN2CCCCC2(C)C)c(F)cn1. The molecule has 0 radical (unpaired) electrons. The molecule has 2 aromatic carbocycles. The fourth-order valence-corrected chi connectivity index (χ4v) is 5.98. The van der Waals surface area contributed by atoms with Gasteiger partial charge in [-0.25, -0.2) is 9.37 Å². The van der Waals surface area contributed by atoms with Crippen LogP contribution in [0, 0.1) is 11.7 Å². The molecule has 1 aromatic heterocycles. The summed E-state index contributed by atoms with van der Waals surface area (Å²) < 4.78 is 26.9. The van der Waals surface area contributed by atoms with Crippen molar-refractivity contribution in [2.75, 3.05) is 13.7 Å². The maximum atomic E-state index is 15.1. The lowest BCUT2D eigenvalue weighted by Gasteiger charge is -2.43. The van der Waals surface area contributed by atoms with E-state index in [0.29, 0.717) is 24.4 Å². The summed E-state index contributed by atoms with van der Waals surface area (Å²) in [5, 5.41) is 9.33. The lowest BCUT2D eigenvalue weighted by molar-refractivity contribution is -0.141. The van der Waals surface area contributed by atoms with Crippen LogP contribution in [-0.4, -0.2) is 40.2 Å². The van der Waals surface area contributed by atoms with E-state index in [-0.39, 0.29) is 17.5 Å². The monoisotopic (exact) mass is 546 g/mol. The van der Waals surface area contributed by atoms with Crippen LogP contribution < -0.4 is 9.47 Å². The molecule has 0 spiro atoms. The molecule has 2 atom stereocenters. The smallest absolute Gasteiger partial charge is 0.306 e. The molecule has 3 aromatic rings. The molecule has 0 aliphatic carbocycles. The van der Waals surface area contributed by atoms with Crippen LogP contribution in [0.3, 0.4) is 0 Å². The fourth-order valence-electron chi connectivity index (χ4n) is 5.98. The van der Waals surface area contributed by atoms with Crippen molar-refractivity contribution in [2.24, 2.45) is 5.92 Å². The largest absolute Gasteiger partial charge is 0.485 e. The van der Waals surface area contributed by atoms with E-state index in [1.54, 1.807) is 13.0 Å². The van der Waals surface area contributed by atoms with Gasteiger partial charge in [-0.05, 0) is 86.4 Å². The maximum Gasteiger partial charge on any atom is 0.306 e. The number of ether oxygens (including phenoxy) is 2. The summed E-state index contributed by atoms with van der Waals surface area (Å²) in [6.45, 7) is 8.01. The van der Waals surface area contributed by atoms with Gasteiger partial charge in [-0.3, -0.25) is 9.69 Å². The van der Waals surface area contributed by atoms with Crippen LogP contribution in [0.4, 0.5) is 4.39 Å². The van der Waals surface area contributed by atoms with Gasteiger partial charge in [-0.15, -0.1) is 0 Å². The van der Waals surface area contributed by atoms with E-state index in [1.807, 2.05) is 24.3 Å². The van der Waals surface area contributed by atoms with Gasteiger partial charge in [0.15, 0.2) is 0 Å². The number of carboxylic acid groups (broad SMARTS) is 1. The average molecular weight is 547 g/mol. The second-order valence-electron chi connectivity index (χ2n) is 11.8. The van der Waals surface area contributed by atoms with E-state index in [2.05, 4.69) is 35.9 Å². The normalized spacial score (nSPS) is 19.4. The summed E-state index contributed by atoms with van der Waals surface area (Å²) >= 11 is 0. The van der Waals surface area contributed by atoms with E-state index in [0.717, 1.165) is 65.8 Å². The van der Waals surface area contributed by atoms with Gasteiger partial charge in [-0.1, -0.05) is 43.7 Å². The fraction of sp³-hybridized carbons (Fsp3) is 0.455. The van der Waals surface area contributed by atoms with Crippen molar-refractivity contribution < 1.29 is 23.8 Å². The third-order valence-corrected chi connectivity index (χ3v) is 8.55. The van der Waals surface area contributed by atoms with Crippen LogP contribution in [0.15, 0.2) is 48.7 Å². The minimum atomic E-state index is -0.802. The van der Waals surface area contributed by atoms with E-state index >= 15 is 4.39 Å². The van der Waals surface area contributed by atoms with Crippen molar-refractivity contribution >= 4 is 5.97 Å². The van der Waals surface area contributed by atoms with Crippen molar-refractivity contribution in [1.29, 1.82) is 0 Å². The quantitative estimate of drug-likeness (QED) is 0.328. The third kappa shape index (κ3) is 5.99. The molecule has 1 fully saturated rings. The zero-order valence-electron chi connectivity index (χ0n) is 23.9. The summed E-state index contributed by atoms with van der Waals surface area (Å²) in [7, 11) is 1.54. The summed E-state index contributed by atoms with van der Waals surface area (Å²) in [5.74, 6) is -0.439. The van der Waals surface area contributed by atoms with Crippen molar-refractivity contribution in [3.63, 3.8) is 0 Å². The standard InChI is InChI=1S/C33H39FN2O4/c1-21(32(37)38)15-22-7-8-23-10-12-29(40-30(23)16-22)24-9-11-26(27-18-31(39-4)35-19-28(27)34)25(17-24)20-36-14-6-5-13-33(36,2)3/h7-9,11,16-19,21,29H,5-6,10,12-15,20H2,1-4H3,(H,37,38). The molecular formula is C33H39FN2O4. The first kappa shape index (κ1) is 28.1. The number of halogens is 1. The van der Waals surface area contributed by atoms with Gasteiger partial charge in [0.05, 0.1) is 19.2 Å². The Bertz CT molecular complexity index is 1390. The number of hydrogen-bond acceptors (Lipinski definition) is 5. The van der Waals surface area contributed by atoms with Gasteiger partial charge in [0.1, 0.15) is 17.7 Å². The molecular weight excluding hydrogens is 507 g/mol. The van der Waals surface area contributed by atoms with Crippen LogP contribution in [0.2, 0.25) is 0 Å². The Morgan fingerprint density at radius 2 is 2.02 bits per heavy atom. The summed E-state index contributed by atoms with van der Waals surface area (Å²) in [4.78, 5) is 17.9. The lowest BCUT2D eigenvalue weighted by atomic mass is 9.88.